The molecule has 0 saturated carbocycles. The molecule has 0 amide bonds. The molecule has 0 N–H and O–H groups in total. The highest BCUT2D eigenvalue weighted by atomic mass is 32.3. The van der Waals surface area contributed by atoms with E-state index in [-0.39, 0.29) is 4.90 Å². The molecule has 0 bridgehead atoms. The molecule has 2 aromatic carbocycles. The van der Waals surface area contributed by atoms with Gasteiger partial charge in [0.2, 0.25) is 0 Å². The number of halogens is 1. The zero-order valence-electron chi connectivity index (χ0n) is 9.22. The van der Waals surface area contributed by atoms with Crippen LogP contribution in [0.5, 0.6) is 0 Å². The van der Waals surface area contributed by atoms with Crippen molar-refractivity contribution in [3.63, 3.8) is 0 Å². The minimum absolute atomic E-state index is 0.266. The van der Waals surface area contributed by atoms with Gasteiger partial charge in [-0.1, -0.05) is 42.5 Å². The molecule has 0 aliphatic rings. The first-order valence-corrected chi connectivity index (χ1v) is 6.47. The van der Waals surface area contributed by atoms with E-state index in [1.807, 2.05) is 30.3 Å². The third-order valence-electron chi connectivity index (χ3n) is 2.54. The van der Waals surface area contributed by atoms with Crippen LogP contribution in [0.3, 0.4) is 0 Å². The van der Waals surface area contributed by atoms with Crippen LogP contribution >= 0.6 is 0 Å². The summed E-state index contributed by atoms with van der Waals surface area (Å²) < 4.78 is 34.6. The molecule has 2 aromatic rings. The number of hydrogen-bond acceptors (Lipinski definition) is 2. The fourth-order valence-corrected chi connectivity index (χ4v) is 2.41. The third-order valence-corrected chi connectivity index (χ3v) is 3.53. The highest BCUT2D eigenvalue weighted by Crippen LogP contribution is 2.25. The van der Waals surface area contributed by atoms with E-state index in [0.29, 0.717) is 5.56 Å². The molecule has 0 radical (unpaired) electrons. The summed E-state index contributed by atoms with van der Waals surface area (Å²) in [5.74, 6) is 0. The first-order valence-electron chi connectivity index (χ1n) is 5.09. The molecular formula is C13H11FO2S. The molecule has 4 heteroatoms. The predicted octanol–water partition coefficient (Wildman–Crippen LogP) is 3.32. The van der Waals surface area contributed by atoms with Crippen molar-refractivity contribution in [1.29, 1.82) is 0 Å². The van der Waals surface area contributed by atoms with Gasteiger partial charge >= 0.3 is 10.2 Å². The third kappa shape index (κ3) is 2.53. The summed E-state index contributed by atoms with van der Waals surface area (Å²) in [6, 6.07) is 14.1. The Hall–Kier alpha value is -1.68. The SMILES string of the molecule is Cc1cc(-c2ccccc2)ccc1S(=O)(=O)F. The Balaban J connectivity index is 2.53. The monoisotopic (exact) mass is 250 g/mol. The maximum atomic E-state index is 12.9. The van der Waals surface area contributed by atoms with Gasteiger partial charge in [-0.2, -0.15) is 8.42 Å². The Morgan fingerprint density at radius 2 is 1.59 bits per heavy atom. The lowest BCUT2D eigenvalue weighted by Gasteiger charge is -2.05. The van der Waals surface area contributed by atoms with Crippen molar-refractivity contribution in [2.45, 2.75) is 11.8 Å². The minimum atomic E-state index is -4.63. The Kier molecular flexibility index (Phi) is 2.98. The fourth-order valence-electron chi connectivity index (χ4n) is 1.73. The summed E-state index contributed by atoms with van der Waals surface area (Å²) in [4.78, 5) is -0.266. The van der Waals surface area contributed by atoms with Crippen molar-refractivity contribution in [3.8, 4) is 11.1 Å². The molecule has 0 unspecified atom stereocenters. The van der Waals surface area contributed by atoms with Crippen molar-refractivity contribution in [2.24, 2.45) is 0 Å². The summed E-state index contributed by atoms with van der Waals surface area (Å²) in [5, 5.41) is 0. The number of hydrogen-bond donors (Lipinski definition) is 0. The molecule has 0 atom stereocenters. The van der Waals surface area contributed by atoms with Crippen LogP contribution in [0.1, 0.15) is 5.56 Å². The van der Waals surface area contributed by atoms with Crippen LogP contribution in [0.2, 0.25) is 0 Å². The Morgan fingerprint density at radius 3 is 2.12 bits per heavy atom. The topological polar surface area (TPSA) is 34.1 Å². The second-order valence-corrected chi connectivity index (χ2v) is 5.10. The number of aryl methyl sites for hydroxylation is 1. The molecular weight excluding hydrogens is 239 g/mol. The molecule has 0 spiro atoms. The van der Waals surface area contributed by atoms with Gasteiger partial charge in [-0.15, -0.1) is 3.89 Å². The summed E-state index contributed by atoms with van der Waals surface area (Å²) in [6.07, 6.45) is 0. The molecule has 2 rings (SSSR count). The van der Waals surface area contributed by atoms with Crippen LogP contribution in [0.4, 0.5) is 3.89 Å². The second kappa shape index (κ2) is 4.30. The van der Waals surface area contributed by atoms with Gasteiger partial charge in [0.1, 0.15) is 4.90 Å². The van der Waals surface area contributed by atoms with Crippen molar-refractivity contribution < 1.29 is 12.3 Å². The largest absolute Gasteiger partial charge is 0.332 e. The summed E-state index contributed by atoms with van der Waals surface area (Å²) in [7, 11) is -4.63. The zero-order chi connectivity index (χ0) is 12.5. The minimum Gasteiger partial charge on any atom is -0.189 e. The van der Waals surface area contributed by atoms with Crippen LogP contribution in [0, 0.1) is 6.92 Å². The van der Waals surface area contributed by atoms with Gasteiger partial charge in [-0.3, -0.25) is 0 Å². The van der Waals surface area contributed by atoms with E-state index >= 15 is 0 Å². The zero-order valence-corrected chi connectivity index (χ0v) is 10.0. The van der Waals surface area contributed by atoms with Gasteiger partial charge in [0.25, 0.3) is 0 Å². The summed E-state index contributed by atoms with van der Waals surface area (Å²) >= 11 is 0. The van der Waals surface area contributed by atoms with Gasteiger partial charge in [0.15, 0.2) is 0 Å². The van der Waals surface area contributed by atoms with E-state index in [2.05, 4.69) is 0 Å². The maximum absolute atomic E-state index is 12.9. The van der Waals surface area contributed by atoms with E-state index in [9.17, 15) is 12.3 Å². The van der Waals surface area contributed by atoms with Crippen molar-refractivity contribution >= 4 is 10.2 Å². The van der Waals surface area contributed by atoms with Gasteiger partial charge in [0.05, 0.1) is 0 Å². The molecule has 0 aliphatic carbocycles. The Labute approximate surface area is 99.9 Å². The van der Waals surface area contributed by atoms with Gasteiger partial charge < -0.3 is 0 Å². The van der Waals surface area contributed by atoms with E-state index in [1.165, 1.54) is 6.07 Å². The highest BCUT2D eigenvalue weighted by molar-refractivity contribution is 7.86. The normalized spacial score (nSPS) is 11.4. The number of rotatable bonds is 2. The van der Waals surface area contributed by atoms with E-state index < -0.39 is 10.2 Å². The smallest absolute Gasteiger partial charge is 0.189 e. The van der Waals surface area contributed by atoms with E-state index in [1.54, 1.807) is 19.1 Å². The van der Waals surface area contributed by atoms with Gasteiger partial charge in [-0.25, -0.2) is 0 Å². The van der Waals surface area contributed by atoms with Crippen molar-refractivity contribution in [2.75, 3.05) is 0 Å². The van der Waals surface area contributed by atoms with Crippen LogP contribution in [0.15, 0.2) is 53.4 Å². The lowest BCUT2D eigenvalue weighted by molar-refractivity contribution is 0.551. The van der Waals surface area contributed by atoms with Crippen molar-refractivity contribution in [1.82, 2.24) is 0 Å². The summed E-state index contributed by atoms with van der Waals surface area (Å²) in [5.41, 5.74) is 2.25. The highest BCUT2D eigenvalue weighted by Gasteiger charge is 2.15. The first-order chi connectivity index (χ1) is 7.98. The van der Waals surface area contributed by atoms with Gasteiger partial charge in [0, 0.05) is 0 Å². The molecule has 88 valence electrons. The number of benzene rings is 2. The van der Waals surface area contributed by atoms with Crippen LogP contribution in [-0.4, -0.2) is 8.42 Å². The molecule has 0 aliphatic heterocycles. The molecule has 0 aromatic heterocycles. The Bertz CT molecular complexity index is 634. The first kappa shape index (κ1) is 11.8. The van der Waals surface area contributed by atoms with E-state index in [0.717, 1.165) is 11.1 Å². The molecule has 17 heavy (non-hydrogen) atoms. The van der Waals surface area contributed by atoms with Crippen LogP contribution in [-0.2, 0) is 10.2 Å². The second-order valence-electron chi connectivity index (χ2n) is 3.78. The quantitative estimate of drug-likeness (QED) is 0.766. The van der Waals surface area contributed by atoms with Gasteiger partial charge in [-0.05, 0) is 29.7 Å². The van der Waals surface area contributed by atoms with Crippen molar-refractivity contribution in [3.05, 3.63) is 54.1 Å². The molecule has 0 heterocycles. The fraction of sp³-hybridized carbons (Fsp3) is 0.0769. The Morgan fingerprint density at radius 1 is 0.941 bits per heavy atom. The summed E-state index contributed by atoms with van der Waals surface area (Å²) in [6.45, 7) is 1.58. The molecule has 0 saturated heterocycles. The molecule has 2 nitrogen and oxygen atoms in total. The average Bonchev–Trinajstić information content (AvgIpc) is 2.28. The standard InChI is InChI=1S/C13H11FO2S/c1-10-9-12(11-5-3-2-4-6-11)7-8-13(10)17(14,15)16/h2-9H,1H3. The average molecular weight is 250 g/mol. The van der Waals surface area contributed by atoms with Crippen LogP contribution < -0.4 is 0 Å². The lowest BCUT2D eigenvalue weighted by Crippen LogP contribution is -1.95. The van der Waals surface area contributed by atoms with Crippen LogP contribution in [0.25, 0.3) is 11.1 Å². The van der Waals surface area contributed by atoms with E-state index in [4.69, 9.17) is 0 Å². The predicted molar refractivity (Wildman–Crippen MR) is 64.9 cm³/mol. The molecule has 0 fully saturated rings. The maximum Gasteiger partial charge on any atom is 0.332 e. The lowest BCUT2D eigenvalue weighted by atomic mass is 10.0.